The topological polar surface area (TPSA) is 0 Å². The van der Waals surface area contributed by atoms with Crippen LogP contribution in [0.1, 0.15) is 0 Å². The molecule has 0 amide bonds. The molecule has 0 aromatic heterocycles. The zero-order chi connectivity index (χ0) is 2.00. The SMILES string of the molecule is [AlH3].[B][SiH3].[BiH3].[PbH2].[Zn]. The summed E-state index contributed by atoms with van der Waals surface area (Å²) in [4.78, 5) is 0. The molecule has 0 spiro atoms. The Balaban J connectivity index is -0.000000000833. The van der Waals surface area contributed by atoms with E-state index in [4.69, 9.17) is 0 Å². The first-order chi connectivity index (χ1) is 1.00. The summed E-state index contributed by atoms with van der Waals surface area (Å²) in [5.74, 6) is 0. The van der Waals surface area contributed by atoms with Crippen LogP contribution in [0.2, 0.25) is 0 Å². The van der Waals surface area contributed by atoms with Crippen LogP contribution in [0.3, 0.4) is 0 Å². The van der Waals surface area contributed by atoms with Crippen molar-refractivity contribution >= 4 is 88.4 Å². The molecule has 0 aromatic rings. The standard InChI is InChI=1S/Al.BH3Si.Bi.Pb.Zn.8H/c;1-2;;;;;;;;;;;/h;2H3;;;;;;;;;;;. The van der Waals surface area contributed by atoms with E-state index >= 15 is 0 Å². The van der Waals surface area contributed by atoms with Crippen molar-refractivity contribution in [3.8, 4) is 0 Å². The predicted molar refractivity (Wildman–Crippen MR) is 44.1 cm³/mol. The normalized spacial score (nSPS) is 1.33. The van der Waals surface area contributed by atoms with Crippen LogP contribution >= 0.6 is 0 Å². The summed E-state index contributed by atoms with van der Waals surface area (Å²) in [5, 5.41) is 0. The molecular weight excluding hydrogens is 547 g/mol. The number of hydrogen-bond donors (Lipinski definition) is 0. The summed E-state index contributed by atoms with van der Waals surface area (Å²) in [6, 6.07) is 0. The smallest absolute Gasteiger partial charge is 0 e. The van der Waals surface area contributed by atoms with E-state index < -0.39 is 0 Å². The van der Waals surface area contributed by atoms with Gasteiger partial charge in [0.2, 0.25) is 0 Å². The molecule has 32 valence electrons. The largest absolute Gasteiger partial charge is 0 e. The van der Waals surface area contributed by atoms with Gasteiger partial charge in [-0.1, -0.05) is 0 Å². The summed E-state index contributed by atoms with van der Waals surface area (Å²) >= 11 is 0. The Morgan fingerprint density at radius 2 is 1.17 bits per heavy atom. The van der Waals surface area contributed by atoms with Gasteiger partial charge in [0.1, 0.15) is 0 Å². The van der Waals surface area contributed by atoms with E-state index in [0.717, 1.165) is 10.1 Å². The summed E-state index contributed by atoms with van der Waals surface area (Å²) in [6.45, 7) is 0. The van der Waals surface area contributed by atoms with Crippen LogP contribution in [0.15, 0.2) is 0 Å². The number of rotatable bonds is 0. The third-order valence-electron chi connectivity index (χ3n) is 0. The second-order valence-corrected chi connectivity index (χ2v) is 0. The molecule has 0 fully saturated rings. The molecule has 0 N–H and O–H groups in total. The molecule has 0 rings (SSSR count). The zero-order valence-electron chi connectivity index (χ0n) is 3.70. The Morgan fingerprint density at radius 3 is 1.17 bits per heavy atom. The molecule has 0 saturated carbocycles. The first-order valence-corrected chi connectivity index (χ1v) is 1.73. The summed E-state index contributed by atoms with van der Waals surface area (Å²) < 4.78 is 0. The molecule has 6 heteroatoms. The Labute approximate surface area is 106 Å². The minimum Gasteiger partial charge on any atom is 0 e. The minimum absolute atomic E-state index is 0. The summed E-state index contributed by atoms with van der Waals surface area (Å²) in [6.07, 6.45) is 0. The first-order valence-electron chi connectivity index (χ1n) is 0.577. The van der Waals surface area contributed by atoms with E-state index in [0.29, 0.717) is 0 Å². The van der Waals surface area contributed by atoms with E-state index in [1.54, 1.807) is 0 Å². The molecule has 0 nitrogen and oxygen atoms in total. The Morgan fingerprint density at radius 1 is 1.17 bits per heavy atom. The molecular formula is H11AlBBiPbSiZn. The van der Waals surface area contributed by atoms with Crippen molar-refractivity contribution in [2.75, 3.05) is 0 Å². The van der Waals surface area contributed by atoms with Crippen molar-refractivity contribution in [3.63, 3.8) is 0 Å². The average molecular weight is 559 g/mol. The van der Waals surface area contributed by atoms with Crippen LogP contribution in [0.5, 0.6) is 0 Å². The molecule has 0 saturated heterocycles. The van der Waals surface area contributed by atoms with Crippen LogP contribution in [0.25, 0.3) is 0 Å². The van der Waals surface area contributed by atoms with Gasteiger partial charge < -0.3 is 0 Å². The third-order valence-corrected chi connectivity index (χ3v) is 0. The zero-order valence-corrected chi connectivity index (χ0v) is 19.7. The monoisotopic (exact) mass is 558 g/mol. The van der Waals surface area contributed by atoms with Crippen molar-refractivity contribution in [2.45, 2.75) is 0 Å². The van der Waals surface area contributed by atoms with E-state index in [1.165, 1.54) is 0 Å². The van der Waals surface area contributed by atoms with E-state index in [9.17, 15) is 0 Å². The molecule has 0 unspecified atom stereocenters. The van der Waals surface area contributed by atoms with Crippen LogP contribution in [0, 0.1) is 0 Å². The third kappa shape index (κ3) is 26.8. The van der Waals surface area contributed by atoms with Gasteiger partial charge in [-0.05, 0) is 10.1 Å². The second-order valence-electron chi connectivity index (χ2n) is 0. The fraction of sp³-hybridized carbons (Fsp3) is 0. The van der Waals surface area contributed by atoms with Gasteiger partial charge in [0.25, 0.3) is 0 Å². The fourth-order valence-electron chi connectivity index (χ4n) is 0. The maximum absolute atomic E-state index is 4.64. The van der Waals surface area contributed by atoms with Crippen molar-refractivity contribution in [1.29, 1.82) is 0 Å². The molecule has 0 aliphatic carbocycles. The number of hydrogen-bond acceptors (Lipinski definition) is 0. The quantitative estimate of drug-likeness (QED) is 0.262. The van der Waals surface area contributed by atoms with Crippen molar-refractivity contribution in [3.05, 3.63) is 0 Å². The molecule has 0 bridgehead atoms. The van der Waals surface area contributed by atoms with Crippen molar-refractivity contribution in [2.24, 2.45) is 0 Å². The molecule has 0 aromatic carbocycles. The van der Waals surface area contributed by atoms with Gasteiger partial charge in [-0.3, -0.25) is 0 Å². The average Bonchev–Trinajstić information content (AvgIpc) is 1.00. The molecule has 0 heterocycles. The van der Waals surface area contributed by atoms with E-state index in [-0.39, 0.29) is 90.3 Å². The van der Waals surface area contributed by atoms with Gasteiger partial charge in [-0.15, -0.1) is 0 Å². The Kier molecular flexibility index (Phi) is 239. The molecule has 0 atom stereocenters. The molecule has 6 heavy (non-hydrogen) atoms. The van der Waals surface area contributed by atoms with Gasteiger partial charge in [0, 0.05) is 26.9 Å². The summed E-state index contributed by atoms with van der Waals surface area (Å²) in [5.41, 5.74) is 0. The Bertz CT molecular complexity index is 15.5. The van der Waals surface area contributed by atoms with E-state index in [1.807, 2.05) is 0 Å². The second kappa shape index (κ2) is 41.1. The minimum atomic E-state index is 0. The molecule has 0 aliphatic rings. The van der Waals surface area contributed by atoms with Crippen LogP contribution in [-0.4, -0.2) is 88.4 Å². The van der Waals surface area contributed by atoms with Crippen molar-refractivity contribution < 1.29 is 19.5 Å². The van der Waals surface area contributed by atoms with Crippen LogP contribution < -0.4 is 0 Å². The Hall–Kier alpha value is 3.24. The van der Waals surface area contributed by atoms with Gasteiger partial charge >= 0.3 is 53.5 Å². The van der Waals surface area contributed by atoms with Crippen molar-refractivity contribution in [1.82, 2.24) is 0 Å². The molecule has 0 aliphatic heterocycles. The van der Waals surface area contributed by atoms with Crippen LogP contribution in [0.4, 0.5) is 0 Å². The van der Waals surface area contributed by atoms with Crippen LogP contribution in [-0.2, 0) is 19.5 Å². The maximum atomic E-state index is 4.64. The predicted octanol–water partition coefficient (Wildman–Crippen LogP) is -4.85. The summed E-state index contributed by atoms with van der Waals surface area (Å²) in [7, 11) is 5.44. The van der Waals surface area contributed by atoms with Gasteiger partial charge in [0.15, 0.2) is 17.4 Å². The maximum Gasteiger partial charge on any atom is 0 e. The molecule has 4 radical (unpaired) electrons. The first kappa shape index (κ1) is 34.9. The van der Waals surface area contributed by atoms with Gasteiger partial charge in [-0.2, -0.15) is 0 Å². The van der Waals surface area contributed by atoms with Gasteiger partial charge in [-0.25, -0.2) is 0 Å². The van der Waals surface area contributed by atoms with E-state index in [2.05, 4.69) is 7.44 Å². The van der Waals surface area contributed by atoms with Gasteiger partial charge in [0.05, 0.1) is 0 Å². The fourth-order valence-corrected chi connectivity index (χ4v) is 0.